The van der Waals surface area contributed by atoms with Gasteiger partial charge in [-0.3, -0.25) is 4.79 Å². The van der Waals surface area contributed by atoms with Crippen molar-refractivity contribution in [3.63, 3.8) is 0 Å². The van der Waals surface area contributed by atoms with Crippen LogP contribution in [-0.2, 0) is 0 Å². The first kappa shape index (κ1) is 10.4. The first-order chi connectivity index (χ1) is 7.85. The molecule has 1 aromatic carbocycles. The van der Waals surface area contributed by atoms with E-state index in [9.17, 15) is 4.79 Å². The number of rotatable bonds is 4. The molecule has 0 atom stereocenters. The van der Waals surface area contributed by atoms with E-state index in [1.807, 2.05) is 24.3 Å². The van der Waals surface area contributed by atoms with Crippen LogP contribution < -0.4 is 4.74 Å². The van der Waals surface area contributed by atoms with E-state index >= 15 is 0 Å². The minimum Gasteiger partial charge on any atom is -0.473 e. The highest BCUT2D eigenvalue weighted by Crippen LogP contribution is 2.20. The molecule has 0 saturated carbocycles. The van der Waals surface area contributed by atoms with Crippen molar-refractivity contribution < 1.29 is 9.53 Å². The van der Waals surface area contributed by atoms with E-state index in [4.69, 9.17) is 4.74 Å². The summed E-state index contributed by atoms with van der Waals surface area (Å²) in [6, 6.07) is 9.36. The van der Waals surface area contributed by atoms with Gasteiger partial charge in [0.15, 0.2) is 6.29 Å². The monoisotopic (exact) mass is 213 g/mol. The van der Waals surface area contributed by atoms with E-state index < -0.39 is 0 Å². The lowest BCUT2D eigenvalue weighted by molar-refractivity contribution is 0.111. The molecule has 0 unspecified atom stereocenters. The number of aldehydes is 1. The van der Waals surface area contributed by atoms with Gasteiger partial charge in [0.2, 0.25) is 5.88 Å². The normalized spacial score (nSPS) is 10.0. The van der Waals surface area contributed by atoms with Crippen LogP contribution in [0.2, 0.25) is 0 Å². The Morgan fingerprint density at radius 3 is 2.94 bits per heavy atom. The molecule has 0 aliphatic heterocycles. The third kappa shape index (κ3) is 1.93. The maximum atomic E-state index is 10.9. The lowest BCUT2D eigenvalue weighted by Gasteiger charge is -2.06. The molecule has 2 aromatic rings. The summed E-state index contributed by atoms with van der Waals surface area (Å²) in [5.74, 6) is 0.355. The molecule has 0 aliphatic carbocycles. The number of carbonyl (C=O) groups excluding carboxylic acids is 1. The largest absolute Gasteiger partial charge is 0.473 e. The van der Waals surface area contributed by atoms with E-state index in [0.29, 0.717) is 18.1 Å². The van der Waals surface area contributed by atoms with Gasteiger partial charge in [0.25, 0.3) is 0 Å². The van der Waals surface area contributed by atoms with Crippen molar-refractivity contribution in [2.24, 2.45) is 0 Å². The summed E-state index contributed by atoms with van der Waals surface area (Å²) >= 11 is 0. The lowest BCUT2D eigenvalue weighted by Crippen LogP contribution is -1.99. The van der Waals surface area contributed by atoms with Crippen LogP contribution in [0.3, 0.4) is 0 Å². The van der Waals surface area contributed by atoms with Gasteiger partial charge in [-0.25, -0.2) is 4.98 Å². The zero-order valence-corrected chi connectivity index (χ0v) is 8.72. The fourth-order valence-corrected chi connectivity index (χ4v) is 1.45. The number of benzene rings is 1. The quantitative estimate of drug-likeness (QED) is 0.579. The van der Waals surface area contributed by atoms with Gasteiger partial charge in [0.1, 0.15) is 6.61 Å². The van der Waals surface area contributed by atoms with Crippen molar-refractivity contribution in [3.8, 4) is 5.88 Å². The molecule has 1 heterocycles. The Morgan fingerprint density at radius 1 is 1.38 bits per heavy atom. The second-order valence-electron chi connectivity index (χ2n) is 3.29. The maximum absolute atomic E-state index is 10.9. The maximum Gasteiger partial charge on any atom is 0.225 e. The van der Waals surface area contributed by atoms with Crippen LogP contribution >= 0.6 is 0 Å². The summed E-state index contributed by atoms with van der Waals surface area (Å²) in [5, 5.41) is 0.926. The SMILES string of the molecule is C=CCOc1nc2ccccc2cc1C=O. The number of hydrogen-bond donors (Lipinski definition) is 0. The zero-order chi connectivity index (χ0) is 11.4. The van der Waals surface area contributed by atoms with Gasteiger partial charge in [-0.1, -0.05) is 30.9 Å². The summed E-state index contributed by atoms with van der Waals surface area (Å²) < 4.78 is 5.32. The van der Waals surface area contributed by atoms with E-state index in [1.165, 1.54) is 0 Å². The average molecular weight is 213 g/mol. The van der Waals surface area contributed by atoms with E-state index in [1.54, 1.807) is 12.1 Å². The molecule has 0 spiro atoms. The number of fused-ring (bicyclic) bond motifs is 1. The van der Waals surface area contributed by atoms with Crippen LogP contribution in [0.15, 0.2) is 43.0 Å². The summed E-state index contributed by atoms with van der Waals surface area (Å²) in [5.41, 5.74) is 1.27. The molecule has 3 nitrogen and oxygen atoms in total. The molecular weight excluding hydrogens is 202 g/mol. The molecule has 0 saturated heterocycles. The topological polar surface area (TPSA) is 39.2 Å². The summed E-state index contributed by atoms with van der Waals surface area (Å²) in [7, 11) is 0. The van der Waals surface area contributed by atoms with Gasteiger partial charge in [-0.15, -0.1) is 0 Å². The predicted molar refractivity (Wildman–Crippen MR) is 62.8 cm³/mol. The highest BCUT2D eigenvalue weighted by atomic mass is 16.5. The fraction of sp³-hybridized carbons (Fsp3) is 0.0769. The molecule has 0 aliphatic rings. The summed E-state index contributed by atoms with van der Waals surface area (Å²) in [6.45, 7) is 3.89. The number of nitrogens with zero attached hydrogens (tertiary/aromatic N) is 1. The van der Waals surface area contributed by atoms with Crippen LogP contribution in [0.1, 0.15) is 10.4 Å². The van der Waals surface area contributed by atoms with Gasteiger partial charge in [0.05, 0.1) is 11.1 Å². The van der Waals surface area contributed by atoms with Gasteiger partial charge >= 0.3 is 0 Å². The summed E-state index contributed by atoms with van der Waals surface area (Å²) in [6.07, 6.45) is 2.36. The number of ether oxygens (including phenoxy) is 1. The molecule has 0 radical (unpaired) electrons. The Hall–Kier alpha value is -2.16. The predicted octanol–water partition coefficient (Wildman–Crippen LogP) is 2.61. The van der Waals surface area contributed by atoms with E-state index in [-0.39, 0.29) is 0 Å². The average Bonchev–Trinajstić information content (AvgIpc) is 2.35. The van der Waals surface area contributed by atoms with Crippen LogP contribution in [0, 0.1) is 0 Å². The summed E-state index contributed by atoms with van der Waals surface area (Å²) in [4.78, 5) is 15.2. The molecule has 2 rings (SSSR count). The van der Waals surface area contributed by atoms with Crippen LogP contribution in [0.5, 0.6) is 5.88 Å². The molecule has 0 N–H and O–H groups in total. The molecule has 3 heteroatoms. The van der Waals surface area contributed by atoms with Gasteiger partial charge in [-0.05, 0) is 12.1 Å². The van der Waals surface area contributed by atoms with Gasteiger partial charge in [-0.2, -0.15) is 0 Å². The first-order valence-electron chi connectivity index (χ1n) is 4.94. The van der Waals surface area contributed by atoms with Gasteiger partial charge < -0.3 is 4.74 Å². The van der Waals surface area contributed by atoms with Crippen LogP contribution in [0.4, 0.5) is 0 Å². The Bertz CT molecular complexity index is 534. The van der Waals surface area contributed by atoms with E-state index in [0.717, 1.165) is 17.2 Å². The lowest BCUT2D eigenvalue weighted by atomic mass is 10.1. The smallest absolute Gasteiger partial charge is 0.225 e. The number of carbonyl (C=O) groups is 1. The van der Waals surface area contributed by atoms with Crippen LogP contribution in [0.25, 0.3) is 10.9 Å². The molecule has 16 heavy (non-hydrogen) atoms. The number of pyridine rings is 1. The Kier molecular flexibility index (Phi) is 2.96. The van der Waals surface area contributed by atoms with Crippen molar-refractivity contribution in [2.45, 2.75) is 0 Å². The third-order valence-corrected chi connectivity index (χ3v) is 2.18. The second kappa shape index (κ2) is 4.57. The highest BCUT2D eigenvalue weighted by Gasteiger charge is 2.06. The van der Waals surface area contributed by atoms with Gasteiger partial charge in [0, 0.05) is 5.39 Å². The zero-order valence-electron chi connectivity index (χ0n) is 8.72. The standard InChI is InChI=1S/C13H11NO2/c1-2-7-16-13-11(9-15)8-10-5-3-4-6-12(10)14-13/h2-6,8-9H,1,7H2. The van der Waals surface area contributed by atoms with Crippen molar-refractivity contribution in [3.05, 3.63) is 48.6 Å². The molecule has 0 fully saturated rings. The van der Waals surface area contributed by atoms with Crippen molar-refractivity contribution in [1.82, 2.24) is 4.98 Å². The highest BCUT2D eigenvalue weighted by molar-refractivity contribution is 5.88. The second-order valence-corrected chi connectivity index (χ2v) is 3.29. The molecular formula is C13H11NO2. The fourth-order valence-electron chi connectivity index (χ4n) is 1.45. The Morgan fingerprint density at radius 2 is 2.19 bits per heavy atom. The first-order valence-corrected chi connectivity index (χ1v) is 4.94. The molecule has 80 valence electrons. The molecule has 1 aromatic heterocycles. The van der Waals surface area contributed by atoms with Crippen molar-refractivity contribution >= 4 is 17.2 Å². The van der Waals surface area contributed by atoms with E-state index in [2.05, 4.69) is 11.6 Å². The third-order valence-electron chi connectivity index (χ3n) is 2.18. The van der Waals surface area contributed by atoms with Crippen molar-refractivity contribution in [1.29, 1.82) is 0 Å². The molecule has 0 amide bonds. The van der Waals surface area contributed by atoms with Crippen molar-refractivity contribution in [2.75, 3.05) is 6.61 Å². The number of aromatic nitrogens is 1. The molecule has 0 bridgehead atoms. The van der Waals surface area contributed by atoms with Crippen LogP contribution in [-0.4, -0.2) is 17.9 Å². The Labute approximate surface area is 93.4 Å². The minimum atomic E-state index is 0.339. The Balaban J connectivity index is 2.53. The number of para-hydroxylation sites is 1. The number of hydrogen-bond acceptors (Lipinski definition) is 3. The minimum absolute atomic E-state index is 0.339.